The molecule has 1 saturated heterocycles. The van der Waals surface area contributed by atoms with Crippen LogP contribution in [0, 0.1) is 11.3 Å². The van der Waals surface area contributed by atoms with Crippen LogP contribution in [0.3, 0.4) is 0 Å². The van der Waals surface area contributed by atoms with Gasteiger partial charge in [-0.15, -0.1) is 0 Å². The monoisotopic (exact) mass is 329 g/mol. The summed E-state index contributed by atoms with van der Waals surface area (Å²) in [5.41, 5.74) is -0.796. The van der Waals surface area contributed by atoms with Gasteiger partial charge in [0.25, 0.3) is 0 Å². The molecule has 0 aromatic rings. The number of nitrogens with zero attached hydrogens (tertiary/aromatic N) is 1. The third-order valence-corrected chi connectivity index (χ3v) is 4.49. The Hall–Kier alpha value is -0.883. The van der Waals surface area contributed by atoms with E-state index < -0.39 is 20.7 Å². The van der Waals surface area contributed by atoms with Gasteiger partial charge in [0.1, 0.15) is 5.60 Å². The number of hydrogen-bond donors (Lipinski definition) is 0. The normalized spacial score (nSPS) is 23.3. The van der Waals surface area contributed by atoms with E-state index in [4.69, 9.17) is 9.16 Å². The van der Waals surface area contributed by atoms with E-state index in [9.17, 15) is 9.59 Å². The zero-order valence-corrected chi connectivity index (χ0v) is 16.4. The van der Waals surface area contributed by atoms with Gasteiger partial charge in [0.15, 0.2) is 9.04 Å². The summed E-state index contributed by atoms with van der Waals surface area (Å²) in [6.45, 7) is 16.1. The average molecular weight is 330 g/mol. The molecule has 2 atom stereocenters. The highest BCUT2D eigenvalue weighted by Gasteiger charge is 2.49. The van der Waals surface area contributed by atoms with Crippen LogP contribution in [0.5, 0.6) is 0 Å². The van der Waals surface area contributed by atoms with E-state index in [-0.39, 0.29) is 23.3 Å². The minimum atomic E-state index is -1.18. The number of carbonyl (C=O) groups excluding carboxylic acids is 2. The molecule has 2 amide bonds. The van der Waals surface area contributed by atoms with Gasteiger partial charge in [-0.3, -0.25) is 4.79 Å². The topological polar surface area (TPSA) is 55.8 Å². The average Bonchev–Trinajstić information content (AvgIpc) is 2.61. The third kappa shape index (κ3) is 5.09. The van der Waals surface area contributed by atoms with Gasteiger partial charge in [0, 0.05) is 12.6 Å². The Morgan fingerprint density at radius 2 is 1.77 bits per heavy atom. The SMILES string of the molecule is C[SiH](C)OCC1CC(C(C)(C)C)N(C(=O)OC(C)(C)C)C1=O. The molecule has 0 spiro atoms. The van der Waals surface area contributed by atoms with Crippen LogP contribution in [0.15, 0.2) is 0 Å². The summed E-state index contributed by atoms with van der Waals surface area (Å²) >= 11 is 0. The van der Waals surface area contributed by atoms with Crippen LogP contribution in [0.4, 0.5) is 4.79 Å². The number of carbonyl (C=O) groups is 2. The van der Waals surface area contributed by atoms with Gasteiger partial charge in [-0.25, -0.2) is 9.69 Å². The first kappa shape index (κ1) is 19.2. The van der Waals surface area contributed by atoms with Crippen molar-refractivity contribution in [2.75, 3.05) is 6.61 Å². The first-order valence-corrected chi connectivity index (χ1v) is 10.8. The van der Waals surface area contributed by atoms with Crippen molar-refractivity contribution in [3.63, 3.8) is 0 Å². The van der Waals surface area contributed by atoms with Crippen molar-refractivity contribution in [3.05, 3.63) is 0 Å². The molecule has 0 saturated carbocycles. The quantitative estimate of drug-likeness (QED) is 0.746. The summed E-state index contributed by atoms with van der Waals surface area (Å²) in [4.78, 5) is 26.4. The zero-order valence-electron chi connectivity index (χ0n) is 15.2. The molecule has 0 aromatic heterocycles. The van der Waals surface area contributed by atoms with E-state index in [1.807, 2.05) is 41.5 Å². The maximum Gasteiger partial charge on any atom is 0.417 e. The van der Waals surface area contributed by atoms with Crippen molar-refractivity contribution in [2.24, 2.45) is 11.3 Å². The van der Waals surface area contributed by atoms with E-state index in [1.54, 1.807) is 0 Å². The smallest absolute Gasteiger partial charge is 0.417 e. The van der Waals surface area contributed by atoms with Gasteiger partial charge in [-0.05, 0) is 45.7 Å². The molecule has 0 aliphatic carbocycles. The number of likely N-dealkylation sites (tertiary alicyclic amines) is 1. The summed E-state index contributed by atoms with van der Waals surface area (Å²) in [5.74, 6) is -0.407. The predicted molar refractivity (Wildman–Crippen MR) is 89.3 cm³/mol. The van der Waals surface area contributed by atoms with Gasteiger partial charge in [-0.2, -0.15) is 0 Å². The molecular formula is C16H31NO4Si. The number of amides is 2. The fourth-order valence-corrected chi connectivity index (χ4v) is 3.16. The Bertz CT molecular complexity index is 423. The standard InChI is InChI=1S/C16H31NO4Si/c1-15(2,3)12-9-11(10-20-22(7)8)13(18)17(12)14(19)21-16(4,5)6/h11-12,22H,9-10H2,1-8H3. The Kier molecular flexibility index (Phi) is 5.84. The highest BCUT2D eigenvalue weighted by molar-refractivity contribution is 6.48. The van der Waals surface area contributed by atoms with Crippen molar-refractivity contribution in [2.45, 2.75) is 72.7 Å². The molecule has 0 aromatic carbocycles. The lowest BCUT2D eigenvalue weighted by atomic mass is 9.84. The Morgan fingerprint density at radius 3 is 2.18 bits per heavy atom. The molecule has 6 heteroatoms. The van der Waals surface area contributed by atoms with Crippen LogP contribution >= 0.6 is 0 Å². The van der Waals surface area contributed by atoms with E-state index in [0.717, 1.165) is 0 Å². The van der Waals surface area contributed by atoms with Crippen molar-refractivity contribution in [3.8, 4) is 0 Å². The Balaban J connectivity index is 2.94. The molecule has 1 fully saturated rings. The summed E-state index contributed by atoms with van der Waals surface area (Å²) in [6.07, 6.45) is 0.101. The van der Waals surface area contributed by atoms with Crippen molar-refractivity contribution >= 4 is 21.0 Å². The van der Waals surface area contributed by atoms with E-state index in [2.05, 4.69) is 13.1 Å². The highest BCUT2D eigenvalue weighted by atomic mass is 28.3. The first-order chi connectivity index (χ1) is 9.83. The van der Waals surface area contributed by atoms with Gasteiger partial charge in [-0.1, -0.05) is 20.8 Å². The lowest BCUT2D eigenvalue weighted by molar-refractivity contribution is -0.132. The van der Waals surface area contributed by atoms with Crippen LogP contribution in [-0.4, -0.2) is 44.2 Å². The van der Waals surface area contributed by atoms with Crippen molar-refractivity contribution in [1.82, 2.24) is 4.90 Å². The van der Waals surface area contributed by atoms with E-state index in [1.165, 1.54) is 4.90 Å². The second-order valence-electron chi connectivity index (χ2n) is 8.39. The molecule has 1 aliphatic heterocycles. The second kappa shape index (κ2) is 6.70. The van der Waals surface area contributed by atoms with Crippen LogP contribution in [0.25, 0.3) is 0 Å². The predicted octanol–water partition coefficient (Wildman–Crippen LogP) is 3.18. The van der Waals surface area contributed by atoms with Crippen LogP contribution in [-0.2, 0) is 14.0 Å². The molecule has 0 radical (unpaired) electrons. The molecule has 5 nitrogen and oxygen atoms in total. The zero-order chi connectivity index (χ0) is 17.3. The molecule has 1 rings (SSSR count). The minimum absolute atomic E-state index is 0.155. The summed E-state index contributed by atoms with van der Waals surface area (Å²) < 4.78 is 11.2. The van der Waals surface area contributed by atoms with Gasteiger partial charge in [0.2, 0.25) is 5.91 Å². The molecule has 1 aliphatic rings. The van der Waals surface area contributed by atoms with Gasteiger partial charge < -0.3 is 9.16 Å². The fraction of sp³-hybridized carbons (Fsp3) is 0.875. The summed E-state index contributed by atoms with van der Waals surface area (Å²) in [6, 6.07) is -0.155. The minimum Gasteiger partial charge on any atom is -0.443 e. The molecule has 1 heterocycles. The number of rotatable bonds is 3. The third-order valence-electron chi connectivity index (χ3n) is 3.63. The van der Waals surface area contributed by atoms with Crippen molar-refractivity contribution < 1.29 is 18.8 Å². The molecule has 128 valence electrons. The lowest BCUT2D eigenvalue weighted by Gasteiger charge is -2.34. The van der Waals surface area contributed by atoms with Crippen molar-refractivity contribution in [1.29, 1.82) is 0 Å². The van der Waals surface area contributed by atoms with Crippen LogP contribution in [0.2, 0.25) is 13.1 Å². The van der Waals surface area contributed by atoms with Crippen LogP contribution < -0.4 is 0 Å². The number of hydrogen-bond acceptors (Lipinski definition) is 4. The second-order valence-corrected chi connectivity index (χ2v) is 10.8. The first-order valence-electron chi connectivity index (χ1n) is 8.00. The molecular weight excluding hydrogens is 298 g/mol. The molecule has 0 bridgehead atoms. The number of imide groups is 1. The fourth-order valence-electron chi connectivity index (χ4n) is 2.54. The maximum atomic E-state index is 12.7. The Labute approximate surface area is 136 Å². The highest BCUT2D eigenvalue weighted by Crippen LogP contribution is 2.37. The van der Waals surface area contributed by atoms with Gasteiger partial charge >= 0.3 is 6.09 Å². The van der Waals surface area contributed by atoms with Gasteiger partial charge in [0.05, 0.1) is 5.92 Å². The lowest BCUT2D eigenvalue weighted by Crippen LogP contribution is -2.47. The summed E-state index contributed by atoms with van der Waals surface area (Å²) in [7, 11) is -1.18. The van der Waals surface area contributed by atoms with Crippen LogP contribution in [0.1, 0.15) is 48.0 Å². The summed E-state index contributed by atoms with van der Waals surface area (Å²) in [5, 5.41) is 0. The molecule has 2 unspecified atom stereocenters. The largest absolute Gasteiger partial charge is 0.443 e. The van der Waals surface area contributed by atoms with E-state index in [0.29, 0.717) is 13.0 Å². The number of ether oxygens (including phenoxy) is 1. The maximum absolute atomic E-state index is 12.7. The Morgan fingerprint density at radius 1 is 1.23 bits per heavy atom. The molecule has 22 heavy (non-hydrogen) atoms. The van der Waals surface area contributed by atoms with E-state index >= 15 is 0 Å². The molecule has 0 N–H and O–H groups in total.